The monoisotopic (exact) mass is 414 g/mol. The van der Waals surface area contributed by atoms with E-state index in [1.54, 1.807) is 24.4 Å². The normalized spacial score (nSPS) is 10.8. The molecular weight excluding hydrogens is 403 g/mol. The van der Waals surface area contributed by atoms with Gasteiger partial charge < -0.3 is 0 Å². The molecule has 0 unspecified atom stereocenters. The number of aromatic nitrogens is 5. The Kier molecular flexibility index (Phi) is 5.09. The Bertz CT molecular complexity index is 1130. The van der Waals surface area contributed by atoms with Crippen molar-refractivity contribution in [3.05, 3.63) is 81.8 Å². The van der Waals surface area contributed by atoms with Crippen LogP contribution in [0.4, 0.5) is 9.52 Å². The lowest BCUT2D eigenvalue weighted by atomic mass is 10.1. The second-order valence-electron chi connectivity index (χ2n) is 5.81. The van der Waals surface area contributed by atoms with E-state index < -0.39 is 0 Å². The van der Waals surface area contributed by atoms with E-state index >= 15 is 0 Å². The van der Waals surface area contributed by atoms with E-state index in [4.69, 9.17) is 11.6 Å². The van der Waals surface area contributed by atoms with Gasteiger partial charge in [0.25, 0.3) is 5.91 Å². The van der Waals surface area contributed by atoms with Gasteiger partial charge in [-0.3, -0.25) is 10.1 Å². The Morgan fingerprint density at radius 2 is 2.14 bits per heavy atom. The van der Waals surface area contributed by atoms with E-state index in [1.165, 1.54) is 40.5 Å². The molecule has 0 aliphatic heterocycles. The summed E-state index contributed by atoms with van der Waals surface area (Å²) in [5.74, 6) is -0.675. The molecule has 0 bridgehead atoms. The van der Waals surface area contributed by atoms with Crippen LogP contribution in [0.25, 0.3) is 5.69 Å². The fourth-order valence-corrected chi connectivity index (χ4v) is 3.64. The molecule has 0 atom stereocenters. The fourth-order valence-electron chi connectivity index (χ4n) is 2.62. The first kappa shape index (κ1) is 18.2. The number of amides is 1. The van der Waals surface area contributed by atoms with Gasteiger partial charge in [0, 0.05) is 22.5 Å². The van der Waals surface area contributed by atoms with Crippen LogP contribution in [0.2, 0.25) is 5.02 Å². The van der Waals surface area contributed by atoms with Gasteiger partial charge in [-0.1, -0.05) is 23.7 Å². The predicted molar refractivity (Wildman–Crippen MR) is 103 cm³/mol. The van der Waals surface area contributed by atoms with Crippen molar-refractivity contribution in [1.82, 2.24) is 25.2 Å². The summed E-state index contributed by atoms with van der Waals surface area (Å²) < 4.78 is 14.7. The molecule has 0 spiro atoms. The zero-order valence-corrected chi connectivity index (χ0v) is 15.8. The number of benzene rings is 2. The fraction of sp³-hybridized carbons (Fsp3) is 0.0556. The van der Waals surface area contributed by atoms with Crippen LogP contribution in [-0.4, -0.2) is 31.1 Å². The zero-order valence-electron chi connectivity index (χ0n) is 14.2. The maximum absolute atomic E-state index is 13.3. The third-order valence-corrected chi connectivity index (χ3v) is 4.99. The van der Waals surface area contributed by atoms with E-state index in [9.17, 15) is 9.18 Å². The zero-order chi connectivity index (χ0) is 19.5. The average Bonchev–Trinajstić information content (AvgIpc) is 3.34. The maximum Gasteiger partial charge on any atom is 0.259 e. The van der Waals surface area contributed by atoms with E-state index in [0.29, 0.717) is 27.8 Å². The number of nitrogens with zero attached hydrogens (tertiary/aromatic N) is 5. The van der Waals surface area contributed by atoms with Gasteiger partial charge in [0.05, 0.1) is 11.3 Å². The Labute approximate surface area is 167 Å². The lowest BCUT2D eigenvalue weighted by molar-refractivity contribution is 0.102. The van der Waals surface area contributed by atoms with E-state index in [1.807, 2.05) is 6.07 Å². The summed E-state index contributed by atoms with van der Waals surface area (Å²) in [4.78, 5) is 17.9. The number of anilines is 1. The van der Waals surface area contributed by atoms with Crippen molar-refractivity contribution in [2.75, 3.05) is 5.32 Å². The summed E-state index contributed by atoms with van der Waals surface area (Å²) in [5, 5.41) is 14.6. The minimum atomic E-state index is -0.389. The third kappa shape index (κ3) is 4.05. The van der Waals surface area contributed by atoms with Gasteiger partial charge >= 0.3 is 0 Å². The molecule has 10 heteroatoms. The van der Waals surface area contributed by atoms with Crippen LogP contribution in [0, 0.1) is 5.82 Å². The Morgan fingerprint density at radius 1 is 1.25 bits per heavy atom. The van der Waals surface area contributed by atoms with Crippen molar-refractivity contribution >= 4 is 34.0 Å². The summed E-state index contributed by atoms with van der Waals surface area (Å²) in [5.41, 5.74) is 1.63. The first-order valence-corrected chi connectivity index (χ1v) is 9.31. The van der Waals surface area contributed by atoms with Crippen LogP contribution in [0.5, 0.6) is 0 Å². The average molecular weight is 415 g/mol. The highest BCUT2D eigenvalue weighted by molar-refractivity contribution is 7.15. The van der Waals surface area contributed by atoms with Crippen molar-refractivity contribution in [2.45, 2.75) is 6.42 Å². The van der Waals surface area contributed by atoms with Gasteiger partial charge in [-0.05, 0) is 46.3 Å². The molecule has 1 N–H and O–H groups in total. The maximum atomic E-state index is 13.3. The summed E-state index contributed by atoms with van der Waals surface area (Å²) in [6.45, 7) is 0. The molecule has 4 aromatic rings. The van der Waals surface area contributed by atoms with Gasteiger partial charge in [-0.15, -0.1) is 16.4 Å². The topological polar surface area (TPSA) is 85.6 Å². The van der Waals surface area contributed by atoms with Crippen LogP contribution in [0.3, 0.4) is 0 Å². The van der Waals surface area contributed by atoms with Crippen LogP contribution < -0.4 is 5.32 Å². The van der Waals surface area contributed by atoms with Crippen LogP contribution >= 0.6 is 22.9 Å². The molecule has 28 heavy (non-hydrogen) atoms. The molecule has 2 aromatic carbocycles. The van der Waals surface area contributed by atoms with Gasteiger partial charge in [-0.25, -0.2) is 9.37 Å². The predicted octanol–water partition coefficient (Wildman–Crippen LogP) is 3.75. The number of carbonyl (C=O) groups is 1. The highest BCUT2D eigenvalue weighted by atomic mass is 35.5. The quantitative estimate of drug-likeness (QED) is 0.537. The van der Waals surface area contributed by atoms with Crippen molar-refractivity contribution in [3.63, 3.8) is 0 Å². The minimum Gasteiger partial charge on any atom is -0.298 e. The summed E-state index contributed by atoms with van der Waals surface area (Å²) in [7, 11) is 0. The Hall–Kier alpha value is -3.17. The van der Waals surface area contributed by atoms with E-state index in [-0.39, 0.29) is 11.7 Å². The molecule has 0 saturated carbocycles. The Balaban J connectivity index is 1.53. The van der Waals surface area contributed by atoms with Crippen molar-refractivity contribution < 1.29 is 9.18 Å². The molecule has 0 fully saturated rings. The standard InChI is InChI=1S/C18H12ClFN6OS/c19-12-4-5-16(26-10-22-24-25-26)15(8-12)17(27)23-18-21-9-14(28-18)7-11-2-1-3-13(20)6-11/h1-6,8-10H,7H2,(H,21,23,27). The number of halogens is 2. The molecule has 7 nitrogen and oxygen atoms in total. The molecule has 2 heterocycles. The molecule has 0 aliphatic carbocycles. The summed E-state index contributed by atoms with van der Waals surface area (Å²) in [6.07, 6.45) is 3.57. The number of hydrogen-bond acceptors (Lipinski definition) is 6. The molecule has 140 valence electrons. The first-order valence-electron chi connectivity index (χ1n) is 8.12. The van der Waals surface area contributed by atoms with Gasteiger partial charge in [0.15, 0.2) is 5.13 Å². The largest absolute Gasteiger partial charge is 0.298 e. The van der Waals surface area contributed by atoms with Gasteiger partial charge in [0.2, 0.25) is 0 Å². The van der Waals surface area contributed by atoms with E-state index in [2.05, 4.69) is 25.8 Å². The number of nitrogens with one attached hydrogen (secondary N) is 1. The highest BCUT2D eigenvalue weighted by Gasteiger charge is 2.16. The SMILES string of the molecule is O=C(Nc1ncc(Cc2cccc(F)c2)s1)c1cc(Cl)ccc1-n1cnnn1. The molecule has 4 rings (SSSR count). The molecule has 2 aromatic heterocycles. The summed E-state index contributed by atoms with van der Waals surface area (Å²) >= 11 is 7.37. The molecule has 0 radical (unpaired) electrons. The van der Waals surface area contributed by atoms with E-state index in [0.717, 1.165) is 10.4 Å². The molecule has 0 saturated heterocycles. The second-order valence-corrected chi connectivity index (χ2v) is 7.36. The first-order chi connectivity index (χ1) is 13.6. The number of carbonyl (C=O) groups excluding carboxylic acids is 1. The lowest BCUT2D eigenvalue weighted by Gasteiger charge is -2.08. The third-order valence-electron chi connectivity index (χ3n) is 3.84. The van der Waals surface area contributed by atoms with Crippen LogP contribution in [0.1, 0.15) is 20.8 Å². The second kappa shape index (κ2) is 7.83. The molecule has 0 aliphatic rings. The molecular formula is C18H12ClFN6OS. The number of tetrazole rings is 1. The molecule has 1 amide bonds. The van der Waals surface area contributed by atoms with Crippen molar-refractivity contribution in [2.24, 2.45) is 0 Å². The van der Waals surface area contributed by atoms with Crippen molar-refractivity contribution in [3.8, 4) is 5.69 Å². The number of thiazole rings is 1. The number of rotatable bonds is 5. The summed E-state index contributed by atoms with van der Waals surface area (Å²) in [6, 6.07) is 11.2. The van der Waals surface area contributed by atoms with Crippen LogP contribution in [-0.2, 0) is 6.42 Å². The smallest absolute Gasteiger partial charge is 0.259 e. The van der Waals surface area contributed by atoms with Crippen molar-refractivity contribution in [1.29, 1.82) is 0 Å². The highest BCUT2D eigenvalue weighted by Crippen LogP contribution is 2.24. The minimum absolute atomic E-state index is 0.286. The van der Waals surface area contributed by atoms with Crippen LogP contribution in [0.15, 0.2) is 55.0 Å². The number of hydrogen-bond donors (Lipinski definition) is 1. The van der Waals surface area contributed by atoms with Gasteiger partial charge in [0.1, 0.15) is 12.1 Å². The van der Waals surface area contributed by atoms with Gasteiger partial charge in [-0.2, -0.15) is 4.68 Å². The lowest BCUT2D eigenvalue weighted by Crippen LogP contribution is -2.15. The Morgan fingerprint density at radius 3 is 2.93 bits per heavy atom.